The fourth-order valence-corrected chi connectivity index (χ4v) is 2.77. The summed E-state index contributed by atoms with van der Waals surface area (Å²) < 4.78 is 16.4. The van der Waals surface area contributed by atoms with Crippen LogP contribution in [0.5, 0.6) is 0 Å². The summed E-state index contributed by atoms with van der Waals surface area (Å²) in [5, 5.41) is 0. The van der Waals surface area contributed by atoms with Gasteiger partial charge in [-0.15, -0.1) is 0 Å². The van der Waals surface area contributed by atoms with E-state index in [2.05, 4.69) is 14.5 Å². The highest BCUT2D eigenvalue weighted by Crippen LogP contribution is 2.29. The molecule has 0 aliphatic carbocycles. The summed E-state index contributed by atoms with van der Waals surface area (Å²) in [6.45, 7) is 0.976. The van der Waals surface area contributed by atoms with Gasteiger partial charge in [-0.25, -0.2) is 9.37 Å². The molecule has 1 aliphatic rings. The molecule has 0 fully saturated rings. The Kier molecular flexibility index (Phi) is 2.18. The summed E-state index contributed by atoms with van der Waals surface area (Å²) in [5.41, 5.74) is 3.17. The van der Waals surface area contributed by atoms with Crippen molar-refractivity contribution in [3.05, 3.63) is 48.3 Å². The lowest BCUT2D eigenvalue weighted by molar-refractivity contribution is 0.632. The quantitative estimate of drug-likeness (QED) is 0.667. The Hall–Kier alpha value is -2.23. The summed E-state index contributed by atoms with van der Waals surface area (Å²) in [4.78, 5) is 8.55. The summed E-state index contributed by atoms with van der Waals surface area (Å²) >= 11 is 0. The van der Waals surface area contributed by atoms with Crippen LogP contribution in [-0.2, 0) is 13.0 Å². The van der Waals surface area contributed by atoms with E-state index < -0.39 is 0 Å². The number of halogens is 1. The molecule has 94 valence electrons. The summed E-state index contributed by atoms with van der Waals surface area (Å²) in [6, 6.07) is 7.12. The summed E-state index contributed by atoms with van der Waals surface area (Å²) in [7, 11) is 0. The zero-order valence-electron chi connectivity index (χ0n) is 10.3. The molecule has 4 heteroatoms. The molecule has 2 aromatic heterocycles. The number of rotatable bonds is 1. The van der Waals surface area contributed by atoms with Crippen LogP contribution in [-0.4, -0.2) is 14.5 Å². The maximum absolute atomic E-state index is 14.2. The van der Waals surface area contributed by atoms with E-state index in [1.165, 1.54) is 6.07 Å². The van der Waals surface area contributed by atoms with Crippen molar-refractivity contribution in [2.45, 2.75) is 19.4 Å². The number of pyridine rings is 1. The molecule has 3 heterocycles. The van der Waals surface area contributed by atoms with Gasteiger partial charge < -0.3 is 4.57 Å². The van der Waals surface area contributed by atoms with Gasteiger partial charge in [-0.2, -0.15) is 0 Å². The van der Waals surface area contributed by atoms with E-state index >= 15 is 0 Å². The van der Waals surface area contributed by atoms with E-state index in [1.807, 2.05) is 18.2 Å². The molecule has 0 unspecified atom stereocenters. The van der Waals surface area contributed by atoms with Crippen LogP contribution in [0.25, 0.3) is 22.2 Å². The number of fused-ring (bicyclic) bond motifs is 3. The molecular weight excluding hydrogens is 241 g/mol. The number of aryl methyl sites for hydroxylation is 2. The second-order valence-electron chi connectivity index (χ2n) is 4.85. The Balaban J connectivity index is 1.99. The van der Waals surface area contributed by atoms with Crippen LogP contribution in [0.2, 0.25) is 0 Å². The van der Waals surface area contributed by atoms with Crippen LogP contribution >= 0.6 is 0 Å². The van der Waals surface area contributed by atoms with Crippen molar-refractivity contribution in [1.29, 1.82) is 0 Å². The minimum absolute atomic E-state index is 0.239. The zero-order valence-corrected chi connectivity index (χ0v) is 10.3. The molecule has 0 N–H and O–H groups in total. The molecular formula is C15H12FN3. The molecule has 0 spiro atoms. The van der Waals surface area contributed by atoms with E-state index in [9.17, 15) is 4.39 Å². The van der Waals surface area contributed by atoms with Crippen molar-refractivity contribution in [1.82, 2.24) is 14.5 Å². The second kappa shape index (κ2) is 3.88. The first-order chi connectivity index (χ1) is 9.33. The van der Waals surface area contributed by atoms with Gasteiger partial charge in [0.25, 0.3) is 0 Å². The molecule has 0 bridgehead atoms. The second-order valence-corrected chi connectivity index (χ2v) is 4.85. The van der Waals surface area contributed by atoms with Crippen molar-refractivity contribution < 1.29 is 4.39 Å². The normalized spacial score (nSPS) is 13.9. The largest absolute Gasteiger partial charge is 0.328 e. The molecule has 0 amide bonds. The molecule has 0 saturated heterocycles. The highest BCUT2D eigenvalue weighted by Gasteiger charge is 2.18. The molecule has 4 rings (SSSR count). The third kappa shape index (κ3) is 1.56. The predicted molar refractivity (Wildman–Crippen MR) is 71.2 cm³/mol. The third-order valence-electron chi connectivity index (χ3n) is 3.67. The topological polar surface area (TPSA) is 30.7 Å². The average molecular weight is 253 g/mol. The lowest BCUT2D eigenvalue weighted by Gasteiger charge is -2.05. The maximum atomic E-state index is 14.2. The van der Waals surface area contributed by atoms with Gasteiger partial charge in [-0.05, 0) is 18.6 Å². The number of imidazole rings is 1. The van der Waals surface area contributed by atoms with E-state index in [-0.39, 0.29) is 5.82 Å². The van der Waals surface area contributed by atoms with Gasteiger partial charge in [0.05, 0.1) is 11.0 Å². The van der Waals surface area contributed by atoms with Crippen LogP contribution in [0.4, 0.5) is 4.39 Å². The van der Waals surface area contributed by atoms with Crippen LogP contribution in [0.3, 0.4) is 0 Å². The SMILES string of the molecule is Fc1cc2nc3n(c2cc1-c1cccnc1)CCC3. The van der Waals surface area contributed by atoms with Gasteiger partial charge >= 0.3 is 0 Å². The van der Waals surface area contributed by atoms with E-state index in [0.29, 0.717) is 5.56 Å². The Bertz CT molecular complexity index is 762. The highest BCUT2D eigenvalue weighted by atomic mass is 19.1. The first-order valence-corrected chi connectivity index (χ1v) is 6.42. The maximum Gasteiger partial charge on any atom is 0.133 e. The lowest BCUT2D eigenvalue weighted by Crippen LogP contribution is -1.93. The monoisotopic (exact) mass is 253 g/mol. The molecule has 19 heavy (non-hydrogen) atoms. The smallest absolute Gasteiger partial charge is 0.133 e. The number of benzene rings is 1. The predicted octanol–water partition coefficient (Wildman–Crippen LogP) is 3.18. The first-order valence-electron chi connectivity index (χ1n) is 6.42. The molecule has 1 aromatic carbocycles. The fraction of sp³-hybridized carbons (Fsp3) is 0.200. The number of hydrogen-bond donors (Lipinski definition) is 0. The molecule has 0 atom stereocenters. The molecule has 0 saturated carbocycles. The Morgan fingerprint density at radius 1 is 1.26 bits per heavy atom. The summed E-state index contributed by atoms with van der Waals surface area (Å²) in [5.74, 6) is 0.829. The van der Waals surface area contributed by atoms with Crippen molar-refractivity contribution in [2.75, 3.05) is 0 Å². The van der Waals surface area contributed by atoms with E-state index in [0.717, 1.165) is 41.8 Å². The van der Waals surface area contributed by atoms with Crippen molar-refractivity contribution in [2.24, 2.45) is 0 Å². The van der Waals surface area contributed by atoms with Gasteiger partial charge in [-0.1, -0.05) is 6.07 Å². The summed E-state index contributed by atoms with van der Waals surface area (Å²) in [6.07, 6.45) is 5.48. The highest BCUT2D eigenvalue weighted by molar-refractivity contribution is 5.83. The van der Waals surface area contributed by atoms with Crippen molar-refractivity contribution in [3.8, 4) is 11.1 Å². The van der Waals surface area contributed by atoms with Crippen LogP contribution < -0.4 is 0 Å². The van der Waals surface area contributed by atoms with Crippen LogP contribution in [0, 0.1) is 5.82 Å². The Morgan fingerprint density at radius 3 is 3.05 bits per heavy atom. The molecule has 0 radical (unpaired) electrons. The molecule has 1 aliphatic heterocycles. The number of hydrogen-bond acceptors (Lipinski definition) is 2. The first kappa shape index (κ1) is 10.7. The minimum atomic E-state index is -0.239. The van der Waals surface area contributed by atoms with Gasteiger partial charge in [0.15, 0.2) is 0 Å². The Morgan fingerprint density at radius 2 is 2.21 bits per heavy atom. The van der Waals surface area contributed by atoms with Gasteiger partial charge in [0.2, 0.25) is 0 Å². The molecule has 3 nitrogen and oxygen atoms in total. The Labute approximate surface area is 109 Å². The average Bonchev–Trinajstić information content (AvgIpc) is 2.99. The lowest BCUT2D eigenvalue weighted by atomic mass is 10.1. The van der Waals surface area contributed by atoms with Crippen LogP contribution in [0.15, 0.2) is 36.7 Å². The van der Waals surface area contributed by atoms with E-state index in [4.69, 9.17) is 0 Å². The molecule has 3 aromatic rings. The van der Waals surface area contributed by atoms with Crippen molar-refractivity contribution in [3.63, 3.8) is 0 Å². The van der Waals surface area contributed by atoms with E-state index in [1.54, 1.807) is 12.4 Å². The number of aromatic nitrogens is 3. The standard InChI is InChI=1S/C15H12FN3/c16-12-8-13-14(19-6-2-4-15(19)18-13)7-11(12)10-3-1-5-17-9-10/h1,3,5,7-9H,2,4,6H2. The van der Waals surface area contributed by atoms with Crippen molar-refractivity contribution >= 4 is 11.0 Å². The van der Waals surface area contributed by atoms with Gasteiger partial charge in [0, 0.05) is 42.6 Å². The van der Waals surface area contributed by atoms with Gasteiger partial charge in [0.1, 0.15) is 11.6 Å². The number of nitrogens with zero attached hydrogens (tertiary/aromatic N) is 3. The van der Waals surface area contributed by atoms with Crippen LogP contribution in [0.1, 0.15) is 12.2 Å². The zero-order chi connectivity index (χ0) is 12.8. The fourth-order valence-electron chi connectivity index (χ4n) is 2.77. The van der Waals surface area contributed by atoms with Gasteiger partial charge in [-0.3, -0.25) is 4.98 Å². The minimum Gasteiger partial charge on any atom is -0.328 e. The third-order valence-corrected chi connectivity index (χ3v) is 3.67.